The lowest BCUT2D eigenvalue weighted by atomic mass is 10.2. The SMILES string of the molecule is CCCCSc1cc(C(=O)OC)c(F)cc1[N+](=O)[O-]. The third-order valence-corrected chi connectivity index (χ3v) is 3.54. The molecule has 0 amide bonds. The number of benzene rings is 1. The topological polar surface area (TPSA) is 69.4 Å². The van der Waals surface area contributed by atoms with Crippen molar-refractivity contribution < 1.29 is 18.8 Å². The Hall–Kier alpha value is -1.63. The predicted molar refractivity (Wildman–Crippen MR) is 70.0 cm³/mol. The van der Waals surface area contributed by atoms with Gasteiger partial charge in [-0.1, -0.05) is 13.3 Å². The monoisotopic (exact) mass is 287 g/mol. The lowest BCUT2D eigenvalue weighted by Gasteiger charge is -2.06. The number of ether oxygens (including phenoxy) is 1. The molecule has 19 heavy (non-hydrogen) atoms. The van der Waals surface area contributed by atoms with Crippen molar-refractivity contribution in [2.75, 3.05) is 12.9 Å². The highest BCUT2D eigenvalue weighted by Crippen LogP contribution is 2.32. The molecule has 5 nitrogen and oxygen atoms in total. The summed E-state index contributed by atoms with van der Waals surface area (Å²) in [5.74, 6) is -1.12. The summed E-state index contributed by atoms with van der Waals surface area (Å²) in [7, 11) is 1.13. The number of nitro benzene ring substituents is 1. The Morgan fingerprint density at radius 2 is 2.21 bits per heavy atom. The number of thioether (sulfide) groups is 1. The van der Waals surface area contributed by atoms with Crippen molar-refractivity contribution in [3.05, 3.63) is 33.6 Å². The van der Waals surface area contributed by atoms with Crippen molar-refractivity contribution >= 4 is 23.4 Å². The summed E-state index contributed by atoms with van der Waals surface area (Å²) >= 11 is 1.23. The average Bonchev–Trinajstić information content (AvgIpc) is 2.39. The molecule has 0 radical (unpaired) electrons. The van der Waals surface area contributed by atoms with Crippen LogP contribution in [-0.2, 0) is 4.74 Å². The van der Waals surface area contributed by atoms with Gasteiger partial charge in [-0.15, -0.1) is 11.8 Å². The van der Waals surface area contributed by atoms with Crippen LogP contribution in [0.1, 0.15) is 30.1 Å². The van der Waals surface area contributed by atoms with E-state index in [1.165, 1.54) is 17.8 Å². The number of rotatable bonds is 6. The summed E-state index contributed by atoms with van der Waals surface area (Å²) in [5, 5.41) is 10.9. The van der Waals surface area contributed by atoms with E-state index in [0.29, 0.717) is 5.75 Å². The second kappa shape index (κ2) is 7.08. The van der Waals surface area contributed by atoms with Gasteiger partial charge in [0.05, 0.1) is 28.6 Å². The average molecular weight is 287 g/mol. The maximum atomic E-state index is 13.6. The Balaban J connectivity index is 3.15. The van der Waals surface area contributed by atoms with Crippen molar-refractivity contribution in [2.45, 2.75) is 24.7 Å². The smallest absolute Gasteiger partial charge is 0.340 e. The molecule has 7 heteroatoms. The van der Waals surface area contributed by atoms with Gasteiger partial charge in [-0.25, -0.2) is 9.18 Å². The number of hydrogen-bond donors (Lipinski definition) is 0. The van der Waals surface area contributed by atoms with E-state index in [1.54, 1.807) is 0 Å². The third kappa shape index (κ3) is 3.92. The van der Waals surface area contributed by atoms with E-state index in [1.807, 2.05) is 6.92 Å². The number of hydrogen-bond acceptors (Lipinski definition) is 5. The molecule has 1 rings (SSSR count). The molecule has 0 heterocycles. The predicted octanol–water partition coefficient (Wildman–Crippen LogP) is 3.41. The van der Waals surface area contributed by atoms with Gasteiger partial charge in [0, 0.05) is 0 Å². The molecule has 1 aromatic rings. The maximum Gasteiger partial charge on any atom is 0.340 e. The minimum absolute atomic E-state index is 0.278. The molecule has 0 bridgehead atoms. The molecule has 0 N–H and O–H groups in total. The number of esters is 1. The van der Waals surface area contributed by atoms with Crippen LogP contribution in [0.4, 0.5) is 10.1 Å². The molecule has 0 saturated heterocycles. The molecule has 0 spiro atoms. The number of nitrogens with zero attached hydrogens (tertiary/aromatic N) is 1. The summed E-state index contributed by atoms with van der Waals surface area (Å²) in [5.41, 5.74) is -0.613. The summed E-state index contributed by atoms with van der Waals surface area (Å²) in [6.07, 6.45) is 1.83. The van der Waals surface area contributed by atoms with Crippen LogP contribution in [0.15, 0.2) is 17.0 Å². The molecule has 0 saturated carbocycles. The van der Waals surface area contributed by atoms with Crippen molar-refractivity contribution in [3.8, 4) is 0 Å². The molecular weight excluding hydrogens is 273 g/mol. The fraction of sp³-hybridized carbons (Fsp3) is 0.417. The van der Waals surface area contributed by atoms with Crippen molar-refractivity contribution in [3.63, 3.8) is 0 Å². The minimum Gasteiger partial charge on any atom is -0.465 e. The first-order chi connectivity index (χ1) is 9.01. The standard InChI is InChI=1S/C12H14FNO4S/c1-3-4-5-19-11-6-8(12(15)18-2)9(13)7-10(11)14(16)17/h6-7H,3-5H2,1-2H3. The fourth-order valence-corrected chi connectivity index (χ4v) is 2.53. The molecule has 0 aliphatic carbocycles. The van der Waals surface area contributed by atoms with E-state index in [4.69, 9.17) is 0 Å². The first-order valence-electron chi connectivity index (χ1n) is 5.70. The molecule has 0 aliphatic rings. The van der Waals surface area contributed by atoms with Crippen LogP contribution < -0.4 is 0 Å². The number of carbonyl (C=O) groups excluding carboxylic acids is 1. The zero-order chi connectivity index (χ0) is 14.4. The lowest BCUT2D eigenvalue weighted by molar-refractivity contribution is -0.387. The Labute approximate surface area is 114 Å². The molecule has 0 aliphatic heterocycles. The normalized spacial score (nSPS) is 10.3. The lowest BCUT2D eigenvalue weighted by Crippen LogP contribution is -2.06. The van der Waals surface area contributed by atoms with Crippen molar-refractivity contribution in [1.29, 1.82) is 0 Å². The Bertz CT molecular complexity index is 493. The van der Waals surface area contributed by atoms with Gasteiger partial charge in [-0.3, -0.25) is 10.1 Å². The molecule has 0 unspecified atom stereocenters. The second-order valence-corrected chi connectivity index (χ2v) is 4.89. The Kier molecular flexibility index (Phi) is 5.75. The zero-order valence-corrected chi connectivity index (χ0v) is 11.5. The molecular formula is C12H14FNO4S. The van der Waals surface area contributed by atoms with Crippen molar-refractivity contribution in [2.24, 2.45) is 0 Å². The summed E-state index contributed by atoms with van der Waals surface area (Å²) in [6.45, 7) is 2.00. The summed E-state index contributed by atoms with van der Waals surface area (Å²) in [4.78, 5) is 21.8. The van der Waals surface area contributed by atoms with Gasteiger partial charge in [0.15, 0.2) is 0 Å². The quantitative estimate of drug-likeness (QED) is 0.264. The second-order valence-electron chi connectivity index (χ2n) is 3.75. The number of carbonyl (C=O) groups is 1. The first-order valence-corrected chi connectivity index (χ1v) is 6.68. The molecule has 1 aromatic carbocycles. The maximum absolute atomic E-state index is 13.6. The number of halogens is 1. The highest BCUT2D eigenvalue weighted by atomic mass is 32.2. The van der Waals surface area contributed by atoms with Crippen LogP contribution in [0, 0.1) is 15.9 Å². The molecule has 0 fully saturated rings. The van der Waals surface area contributed by atoms with Crippen LogP contribution in [0.5, 0.6) is 0 Å². The van der Waals surface area contributed by atoms with E-state index in [9.17, 15) is 19.3 Å². The Morgan fingerprint density at radius 1 is 1.53 bits per heavy atom. The highest BCUT2D eigenvalue weighted by molar-refractivity contribution is 7.99. The number of nitro groups is 1. The van der Waals surface area contributed by atoms with Gasteiger partial charge in [0.25, 0.3) is 5.69 Å². The molecule has 104 valence electrons. The van der Waals surface area contributed by atoms with Crippen LogP contribution >= 0.6 is 11.8 Å². The van der Waals surface area contributed by atoms with E-state index in [2.05, 4.69) is 4.74 Å². The van der Waals surface area contributed by atoms with Crippen molar-refractivity contribution in [1.82, 2.24) is 0 Å². The Morgan fingerprint density at radius 3 is 2.74 bits per heavy atom. The van der Waals surface area contributed by atoms with Crippen LogP contribution in [0.25, 0.3) is 0 Å². The van der Waals surface area contributed by atoms with Crippen LogP contribution in [0.3, 0.4) is 0 Å². The minimum atomic E-state index is -0.946. The van der Waals surface area contributed by atoms with Gasteiger partial charge < -0.3 is 4.74 Å². The van der Waals surface area contributed by atoms with E-state index in [-0.39, 0.29) is 16.1 Å². The van der Waals surface area contributed by atoms with Crippen LogP contribution in [-0.4, -0.2) is 23.8 Å². The number of unbranched alkanes of at least 4 members (excludes halogenated alkanes) is 1. The van der Waals surface area contributed by atoms with E-state index >= 15 is 0 Å². The first kappa shape index (κ1) is 15.4. The largest absolute Gasteiger partial charge is 0.465 e. The van der Waals surface area contributed by atoms with Gasteiger partial charge >= 0.3 is 5.97 Å². The van der Waals surface area contributed by atoms with Gasteiger partial charge in [0.1, 0.15) is 5.82 Å². The van der Waals surface area contributed by atoms with Crippen LogP contribution in [0.2, 0.25) is 0 Å². The highest BCUT2D eigenvalue weighted by Gasteiger charge is 2.22. The molecule has 0 aromatic heterocycles. The molecule has 0 atom stereocenters. The van der Waals surface area contributed by atoms with E-state index < -0.39 is 16.7 Å². The number of methoxy groups -OCH3 is 1. The van der Waals surface area contributed by atoms with Gasteiger partial charge in [0.2, 0.25) is 0 Å². The van der Waals surface area contributed by atoms with E-state index in [0.717, 1.165) is 26.0 Å². The summed E-state index contributed by atoms with van der Waals surface area (Å²) in [6, 6.07) is 1.94. The van der Waals surface area contributed by atoms with Gasteiger partial charge in [-0.2, -0.15) is 0 Å². The van der Waals surface area contributed by atoms with Gasteiger partial charge in [-0.05, 0) is 18.2 Å². The zero-order valence-electron chi connectivity index (χ0n) is 10.6. The third-order valence-electron chi connectivity index (χ3n) is 2.41. The summed E-state index contributed by atoms with van der Waals surface area (Å²) < 4.78 is 18.0. The fourth-order valence-electron chi connectivity index (χ4n) is 1.39.